The van der Waals surface area contributed by atoms with E-state index in [4.69, 9.17) is 0 Å². The molecule has 1 unspecified atom stereocenters. The van der Waals surface area contributed by atoms with Crippen LogP contribution in [0.4, 0.5) is 5.69 Å². The third-order valence-corrected chi connectivity index (χ3v) is 7.82. The number of carbonyl (C=O) groups excluding carboxylic acids is 1. The van der Waals surface area contributed by atoms with Crippen molar-refractivity contribution in [3.8, 4) is 0 Å². The number of nitrogens with zero attached hydrogens (tertiary/aromatic N) is 1. The Labute approximate surface area is 215 Å². The fourth-order valence-corrected chi connectivity index (χ4v) is 6.36. The van der Waals surface area contributed by atoms with Gasteiger partial charge in [0.15, 0.2) is 0 Å². The van der Waals surface area contributed by atoms with Crippen LogP contribution in [0, 0.1) is 0 Å². The summed E-state index contributed by atoms with van der Waals surface area (Å²) in [5.41, 5.74) is 6.52. The van der Waals surface area contributed by atoms with Gasteiger partial charge >= 0.3 is 0 Å². The van der Waals surface area contributed by atoms with Gasteiger partial charge in [-0.25, -0.2) is 0 Å². The normalized spacial score (nSPS) is 16.9. The lowest BCUT2D eigenvalue weighted by molar-refractivity contribution is -0.119. The number of carbonyl (C=O) groups is 1. The monoisotopic (exact) mass is 473 g/mol. The van der Waals surface area contributed by atoms with Crippen LogP contribution in [0.1, 0.15) is 74.3 Å². The van der Waals surface area contributed by atoms with Gasteiger partial charge in [0.2, 0.25) is 5.91 Å². The number of rotatable bonds is 5. The predicted octanol–water partition coefficient (Wildman–Crippen LogP) is 8.10. The van der Waals surface area contributed by atoms with E-state index in [1.165, 1.54) is 27.8 Å². The summed E-state index contributed by atoms with van der Waals surface area (Å²) in [5, 5.41) is 0. The first kappa shape index (κ1) is 24.1. The molecule has 4 aromatic rings. The second-order valence-electron chi connectivity index (χ2n) is 10.6. The predicted molar refractivity (Wildman–Crippen MR) is 150 cm³/mol. The first-order valence-corrected chi connectivity index (χ1v) is 13.0. The molecule has 0 fully saturated rings. The third kappa shape index (κ3) is 3.86. The van der Waals surface area contributed by atoms with Crippen LogP contribution >= 0.6 is 0 Å². The summed E-state index contributed by atoms with van der Waals surface area (Å²) >= 11 is 0. The number of fused-ring (bicyclic) bond motifs is 1. The van der Waals surface area contributed by atoms with Gasteiger partial charge in [-0.2, -0.15) is 0 Å². The van der Waals surface area contributed by atoms with Gasteiger partial charge < -0.3 is 4.90 Å². The SMILES string of the molecule is CCC(=O)N1c2ccc(C(c3ccccc3)(c3ccccc3)c3ccccc3)cc2C(C)CC1(C)C. The summed E-state index contributed by atoms with van der Waals surface area (Å²) < 4.78 is 0. The lowest BCUT2D eigenvalue weighted by Gasteiger charge is -2.47. The van der Waals surface area contributed by atoms with Gasteiger partial charge in [0.1, 0.15) is 0 Å². The second-order valence-corrected chi connectivity index (χ2v) is 10.6. The van der Waals surface area contributed by atoms with Crippen molar-refractivity contribution in [1.82, 2.24) is 0 Å². The lowest BCUT2D eigenvalue weighted by Crippen LogP contribution is -2.51. The Bertz CT molecular complexity index is 1250. The molecule has 0 aliphatic carbocycles. The van der Waals surface area contributed by atoms with Crippen LogP contribution in [0.15, 0.2) is 109 Å². The van der Waals surface area contributed by atoms with Crippen LogP contribution in [0.5, 0.6) is 0 Å². The molecule has 2 nitrogen and oxygen atoms in total. The molecule has 1 aliphatic heterocycles. The molecule has 0 bridgehead atoms. The Kier molecular flexibility index (Phi) is 6.30. The second kappa shape index (κ2) is 9.43. The average molecular weight is 474 g/mol. The molecule has 0 aromatic heterocycles. The molecule has 36 heavy (non-hydrogen) atoms. The fourth-order valence-electron chi connectivity index (χ4n) is 6.36. The van der Waals surface area contributed by atoms with Crippen LogP contribution in [-0.4, -0.2) is 11.4 Å². The molecule has 0 radical (unpaired) electrons. The van der Waals surface area contributed by atoms with Gasteiger partial charge in [0.25, 0.3) is 0 Å². The van der Waals surface area contributed by atoms with E-state index < -0.39 is 5.41 Å². The minimum atomic E-state index is -0.481. The summed E-state index contributed by atoms with van der Waals surface area (Å²) in [6, 6.07) is 39.2. The average Bonchev–Trinajstić information content (AvgIpc) is 2.90. The van der Waals surface area contributed by atoms with Gasteiger partial charge in [0, 0.05) is 17.6 Å². The van der Waals surface area contributed by atoms with Crippen molar-refractivity contribution >= 4 is 11.6 Å². The number of hydrogen-bond acceptors (Lipinski definition) is 1. The standard InChI is InChI=1S/C34H35NO/c1-5-32(36)35-31-22-21-29(23-30(31)25(2)24-33(35,3)4)34(26-15-9-6-10-16-26,27-17-11-7-12-18-27)28-19-13-8-14-20-28/h6-23,25H,5,24H2,1-4H3. The van der Waals surface area contributed by atoms with Gasteiger partial charge in [-0.3, -0.25) is 4.79 Å². The Morgan fingerprint density at radius 3 is 1.69 bits per heavy atom. The van der Waals surface area contributed by atoms with Crippen LogP contribution in [0.3, 0.4) is 0 Å². The van der Waals surface area contributed by atoms with E-state index in [0.717, 1.165) is 12.1 Å². The molecule has 2 heteroatoms. The molecule has 0 saturated heterocycles. The van der Waals surface area contributed by atoms with Gasteiger partial charge in [-0.05, 0) is 60.1 Å². The first-order valence-electron chi connectivity index (χ1n) is 13.0. The molecule has 1 atom stereocenters. The van der Waals surface area contributed by atoms with Gasteiger partial charge in [0.05, 0.1) is 5.41 Å². The zero-order chi connectivity index (χ0) is 25.3. The van der Waals surface area contributed by atoms with E-state index in [2.05, 4.69) is 130 Å². The Morgan fingerprint density at radius 2 is 1.25 bits per heavy atom. The van der Waals surface area contributed by atoms with Crippen molar-refractivity contribution < 1.29 is 4.79 Å². The summed E-state index contributed by atoms with van der Waals surface area (Å²) in [6.07, 6.45) is 1.44. The van der Waals surface area contributed by atoms with Crippen molar-refractivity contribution in [2.75, 3.05) is 4.90 Å². The van der Waals surface area contributed by atoms with E-state index in [1.54, 1.807) is 0 Å². The molecule has 182 valence electrons. The zero-order valence-corrected chi connectivity index (χ0v) is 21.7. The highest BCUT2D eigenvalue weighted by molar-refractivity contribution is 5.96. The summed E-state index contributed by atoms with van der Waals surface area (Å²) in [5.74, 6) is 0.525. The van der Waals surface area contributed by atoms with E-state index in [9.17, 15) is 4.79 Å². The van der Waals surface area contributed by atoms with Gasteiger partial charge in [-0.1, -0.05) is 117 Å². The number of benzene rings is 4. The van der Waals surface area contributed by atoms with Crippen molar-refractivity contribution in [3.63, 3.8) is 0 Å². The molecule has 0 spiro atoms. The molecular formula is C34H35NO. The third-order valence-electron chi connectivity index (χ3n) is 7.82. The molecule has 0 N–H and O–H groups in total. The highest BCUT2D eigenvalue weighted by Gasteiger charge is 2.42. The Balaban J connectivity index is 1.83. The van der Waals surface area contributed by atoms with Crippen molar-refractivity contribution in [2.24, 2.45) is 0 Å². The van der Waals surface area contributed by atoms with Crippen LogP contribution in [0.2, 0.25) is 0 Å². The first-order chi connectivity index (χ1) is 17.4. The smallest absolute Gasteiger partial charge is 0.227 e. The Morgan fingerprint density at radius 1 is 0.778 bits per heavy atom. The molecule has 5 rings (SSSR count). The minimum absolute atomic E-state index is 0.182. The minimum Gasteiger partial charge on any atom is -0.307 e. The van der Waals surface area contributed by atoms with Gasteiger partial charge in [-0.15, -0.1) is 0 Å². The maximum atomic E-state index is 13.1. The molecule has 1 heterocycles. The van der Waals surface area contributed by atoms with E-state index in [-0.39, 0.29) is 11.4 Å². The molecule has 0 saturated carbocycles. The van der Waals surface area contributed by atoms with Crippen molar-refractivity contribution in [1.29, 1.82) is 0 Å². The Hall–Kier alpha value is -3.65. The number of amides is 1. The maximum Gasteiger partial charge on any atom is 0.227 e. The van der Waals surface area contributed by atoms with Crippen LogP contribution in [-0.2, 0) is 10.2 Å². The highest BCUT2D eigenvalue weighted by Crippen LogP contribution is 2.49. The number of anilines is 1. The van der Waals surface area contributed by atoms with E-state index in [1.807, 2.05) is 11.8 Å². The van der Waals surface area contributed by atoms with E-state index in [0.29, 0.717) is 12.3 Å². The van der Waals surface area contributed by atoms with Crippen molar-refractivity contribution in [2.45, 2.75) is 57.4 Å². The highest BCUT2D eigenvalue weighted by atomic mass is 16.2. The fraction of sp³-hybridized carbons (Fsp3) is 0.265. The lowest BCUT2D eigenvalue weighted by atomic mass is 9.64. The van der Waals surface area contributed by atoms with Crippen LogP contribution < -0.4 is 4.90 Å². The molecule has 1 amide bonds. The maximum absolute atomic E-state index is 13.1. The summed E-state index contributed by atoms with van der Waals surface area (Å²) in [4.78, 5) is 15.2. The van der Waals surface area contributed by atoms with E-state index >= 15 is 0 Å². The topological polar surface area (TPSA) is 20.3 Å². The molecule has 1 aliphatic rings. The molecule has 4 aromatic carbocycles. The van der Waals surface area contributed by atoms with Crippen molar-refractivity contribution in [3.05, 3.63) is 137 Å². The largest absolute Gasteiger partial charge is 0.307 e. The zero-order valence-electron chi connectivity index (χ0n) is 21.7. The number of hydrogen-bond donors (Lipinski definition) is 0. The quantitative estimate of drug-likeness (QED) is 0.268. The molecular weight excluding hydrogens is 438 g/mol. The summed E-state index contributed by atoms with van der Waals surface area (Å²) in [6.45, 7) is 8.63. The summed E-state index contributed by atoms with van der Waals surface area (Å²) in [7, 11) is 0. The van der Waals surface area contributed by atoms with Crippen LogP contribution in [0.25, 0.3) is 0 Å².